The fourth-order valence-corrected chi connectivity index (χ4v) is 12.3. The summed E-state index contributed by atoms with van der Waals surface area (Å²) in [6, 6.07) is 95.4. The van der Waals surface area contributed by atoms with Crippen molar-refractivity contribution >= 4 is 55.0 Å². The van der Waals surface area contributed by atoms with E-state index in [4.69, 9.17) is 28.1 Å². The highest BCUT2D eigenvalue weighted by Crippen LogP contribution is 2.45. The quantitative estimate of drug-likeness (QED) is 0.127. The molecule has 3 aromatic heterocycles. The van der Waals surface area contributed by atoms with Crippen LogP contribution in [0.4, 0.5) is 11.4 Å². The third-order valence-electron chi connectivity index (χ3n) is 16.8. The Labute approximate surface area is 513 Å². The van der Waals surface area contributed by atoms with Gasteiger partial charge in [-0.2, -0.15) is 10.5 Å². The number of fused-ring (bicyclic) bond motifs is 6. The van der Waals surface area contributed by atoms with E-state index in [1.807, 2.05) is 158 Å². The molecule has 0 bridgehead atoms. The van der Waals surface area contributed by atoms with E-state index in [2.05, 4.69) is 147 Å². The van der Waals surface area contributed by atoms with Crippen LogP contribution in [0, 0.1) is 42.7 Å². The van der Waals surface area contributed by atoms with Crippen LogP contribution in [0.5, 0.6) is 0 Å². The summed E-state index contributed by atoms with van der Waals surface area (Å²) in [7, 11) is 0. The maximum atomic E-state index is 9.72. The molecule has 412 valence electrons. The second-order valence-corrected chi connectivity index (χ2v) is 22.1. The number of benzene rings is 12. The second-order valence-electron chi connectivity index (χ2n) is 22.1. The Balaban J connectivity index is 1.02. The molecule has 15 aromatic rings. The van der Waals surface area contributed by atoms with E-state index in [-0.39, 0.29) is 0 Å². The SMILES string of the molecule is [C-]#[N+]c1ccc(-c2ccc3c(c2)c2cc(-c4ccc([N+]#[C-])cc4)ccc2n3-c2ccc(-c3nc(-c4ccccc4)nc(-c4ccccc4)n3)cc2-c2cc(C)ccc2-n2c3ccc(-c4ccc(C#N)cc4)cc3c3cc(-c4ccc(C#N)cc4)ccc32)cc1. The van der Waals surface area contributed by atoms with Gasteiger partial charge in [-0.3, -0.25) is 0 Å². The zero-order valence-electron chi connectivity index (χ0n) is 47.9. The molecule has 0 amide bonds. The third kappa shape index (κ3) is 9.57. The van der Waals surface area contributed by atoms with Crippen LogP contribution in [0.25, 0.3) is 154 Å². The van der Waals surface area contributed by atoms with Crippen molar-refractivity contribution in [1.29, 1.82) is 10.5 Å². The fourth-order valence-electron chi connectivity index (χ4n) is 12.3. The molecule has 9 nitrogen and oxygen atoms in total. The summed E-state index contributed by atoms with van der Waals surface area (Å²) in [6.45, 7) is 17.5. The number of aryl methyl sites for hydroxylation is 1. The normalized spacial score (nSPS) is 11.2. The van der Waals surface area contributed by atoms with Crippen LogP contribution in [-0.2, 0) is 0 Å². The molecular weight excluding hydrogens is 1090 g/mol. The average molecular weight is 1130 g/mol. The van der Waals surface area contributed by atoms with Gasteiger partial charge in [-0.25, -0.2) is 24.6 Å². The summed E-state index contributed by atoms with van der Waals surface area (Å²) in [6.07, 6.45) is 0. The van der Waals surface area contributed by atoms with Crippen LogP contribution < -0.4 is 0 Å². The molecule has 0 saturated heterocycles. The van der Waals surface area contributed by atoms with E-state index in [1.54, 1.807) is 0 Å². The van der Waals surface area contributed by atoms with Gasteiger partial charge >= 0.3 is 0 Å². The van der Waals surface area contributed by atoms with Gasteiger partial charge < -0.3 is 9.13 Å². The molecule has 0 aliphatic heterocycles. The Morgan fingerprint density at radius 1 is 0.315 bits per heavy atom. The van der Waals surface area contributed by atoms with Crippen molar-refractivity contribution in [3.05, 3.63) is 306 Å². The van der Waals surface area contributed by atoms with E-state index in [0.717, 1.165) is 133 Å². The van der Waals surface area contributed by atoms with Gasteiger partial charge in [-0.15, -0.1) is 0 Å². The van der Waals surface area contributed by atoms with Crippen LogP contribution in [0.15, 0.2) is 267 Å². The molecule has 0 unspecified atom stereocenters. The number of nitriles is 2. The smallest absolute Gasteiger partial charge is 0.187 e. The molecule has 12 aromatic carbocycles. The van der Waals surface area contributed by atoms with E-state index in [1.165, 1.54) is 0 Å². The summed E-state index contributed by atoms with van der Waals surface area (Å²) in [5, 5.41) is 23.6. The molecule has 0 radical (unpaired) electrons. The minimum Gasteiger partial charge on any atom is -0.309 e. The minimum atomic E-state index is 0.521. The first kappa shape index (κ1) is 53.0. The first-order valence-corrected chi connectivity index (χ1v) is 29.1. The first-order valence-electron chi connectivity index (χ1n) is 29.1. The van der Waals surface area contributed by atoms with Crippen molar-refractivity contribution < 1.29 is 0 Å². The average Bonchev–Trinajstić information content (AvgIpc) is 1.70. The van der Waals surface area contributed by atoms with Gasteiger partial charge in [0.05, 0.1) is 69.9 Å². The van der Waals surface area contributed by atoms with Crippen LogP contribution in [0.3, 0.4) is 0 Å². The van der Waals surface area contributed by atoms with Gasteiger partial charge in [0.15, 0.2) is 28.8 Å². The minimum absolute atomic E-state index is 0.521. The van der Waals surface area contributed by atoms with Crippen LogP contribution >= 0.6 is 0 Å². The van der Waals surface area contributed by atoms with E-state index in [0.29, 0.717) is 40.0 Å². The Morgan fingerprint density at radius 2 is 0.629 bits per heavy atom. The van der Waals surface area contributed by atoms with Crippen molar-refractivity contribution in [1.82, 2.24) is 24.1 Å². The van der Waals surface area contributed by atoms with Crippen molar-refractivity contribution in [2.75, 3.05) is 0 Å². The zero-order chi connectivity index (χ0) is 60.1. The highest BCUT2D eigenvalue weighted by molar-refractivity contribution is 6.14. The summed E-state index contributed by atoms with van der Waals surface area (Å²) in [5.41, 5.74) is 21.8. The van der Waals surface area contributed by atoms with Gasteiger partial charge in [0, 0.05) is 49.4 Å². The molecule has 15 rings (SSSR count). The number of aromatic nitrogens is 5. The monoisotopic (exact) mass is 1130 g/mol. The molecule has 3 heterocycles. The van der Waals surface area contributed by atoms with Crippen LogP contribution in [0.1, 0.15) is 16.7 Å². The lowest BCUT2D eigenvalue weighted by Crippen LogP contribution is -2.04. The number of rotatable bonds is 10. The lowest BCUT2D eigenvalue weighted by molar-refractivity contribution is 1.07. The molecule has 0 atom stereocenters. The van der Waals surface area contributed by atoms with E-state index in [9.17, 15) is 10.5 Å². The zero-order valence-corrected chi connectivity index (χ0v) is 47.9. The molecule has 0 fully saturated rings. The third-order valence-corrected chi connectivity index (χ3v) is 16.8. The van der Waals surface area contributed by atoms with Crippen LogP contribution in [0.2, 0.25) is 0 Å². The molecule has 0 saturated carbocycles. The molecule has 0 aliphatic rings. The second kappa shape index (κ2) is 22.0. The summed E-state index contributed by atoms with van der Waals surface area (Å²) < 4.78 is 4.76. The highest BCUT2D eigenvalue weighted by Gasteiger charge is 2.24. The summed E-state index contributed by atoms with van der Waals surface area (Å²) in [4.78, 5) is 23.0. The lowest BCUT2D eigenvalue weighted by atomic mass is 9.96. The van der Waals surface area contributed by atoms with Gasteiger partial charge in [-0.1, -0.05) is 169 Å². The summed E-state index contributed by atoms with van der Waals surface area (Å²) in [5.74, 6) is 1.64. The van der Waals surface area contributed by atoms with Crippen molar-refractivity contribution in [3.63, 3.8) is 0 Å². The van der Waals surface area contributed by atoms with Crippen molar-refractivity contribution in [2.24, 2.45) is 0 Å². The van der Waals surface area contributed by atoms with E-state index >= 15 is 0 Å². The molecule has 89 heavy (non-hydrogen) atoms. The van der Waals surface area contributed by atoms with Crippen LogP contribution in [-0.4, -0.2) is 24.1 Å². The Bertz CT molecular complexity index is 5210. The maximum absolute atomic E-state index is 9.72. The van der Waals surface area contributed by atoms with Gasteiger partial charge in [-0.05, 0) is 155 Å². The Kier molecular flexibility index (Phi) is 13.1. The molecule has 0 aliphatic carbocycles. The van der Waals surface area contributed by atoms with Gasteiger partial charge in [0.1, 0.15) is 0 Å². The highest BCUT2D eigenvalue weighted by atomic mass is 15.0. The van der Waals surface area contributed by atoms with Crippen molar-refractivity contribution in [3.8, 4) is 113 Å². The van der Waals surface area contributed by atoms with E-state index < -0.39 is 0 Å². The largest absolute Gasteiger partial charge is 0.309 e. The standard InChI is InChI=1S/C80H47N9/c1-50-14-36-72(88-73-37-27-59(53-19-15-51(48-81)16-20-53)43-67(73)68-44-60(28-38-74(68)88)54-21-17-52(49-82)18-22-54)66(42-50)71-47-63(80-86-78(57-10-6-4-7-11-57)85-79(87-80)58-12-8-5-9-13-58)31-41-77(71)89-75-39-29-61(55-23-32-64(83-2)33-24-55)45-69(75)70-46-62(30-40-76(70)89)56-25-34-65(84-3)35-26-56/h4-47H,1H3. The maximum Gasteiger partial charge on any atom is 0.187 e. The fraction of sp³-hybridized carbons (Fsp3) is 0.0125. The number of nitrogens with zero attached hydrogens (tertiary/aromatic N) is 9. The Hall–Kier alpha value is -12.8. The van der Waals surface area contributed by atoms with Gasteiger partial charge in [0.2, 0.25) is 0 Å². The number of hydrogen-bond donors (Lipinski definition) is 0. The Morgan fingerprint density at radius 3 is 0.989 bits per heavy atom. The van der Waals surface area contributed by atoms with Crippen molar-refractivity contribution in [2.45, 2.75) is 6.92 Å². The molecule has 0 spiro atoms. The lowest BCUT2D eigenvalue weighted by Gasteiger charge is -2.20. The molecule has 9 heteroatoms. The number of hydrogen-bond acceptors (Lipinski definition) is 5. The molecule has 0 N–H and O–H groups in total. The topological polar surface area (TPSA) is 105 Å². The summed E-state index contributed by atoms with van der Waals surface area (Å²) >= 11 is 0. The predicted molar refractivity (Wildman–Crippen MR) is 359 cm³/mol. The van der Waals surface area contributed by atoms with Gasteiger partial charge in [0.25, 0.3) is 0 Å². The predicted octanol–water partition coefficient (Wildman–Crippen LogP) is 20.6. The first-order chi connectivity index (χ1) is 43.8. The molecular formula is C80H47N9.